The van der Waals surface area contributed by atoms with E-state index in [1.807, 2.05) is 0 Å². The zero-order valence-corrected chi connectivity index (χ0v) is 17.1. The van der Waals surface area contributed by atoms with Gasteiger partial charge in [-0.15, -0.1) is 11.3 Å². The van der Waals surface area contributed by atoms with Gasteiger partial charge in [0.25, 0.3) is 0 Å². The predicted octanol–water partition coefficient (Wildman–Crippen LogP) is 2.79. The van der Waals surface area contributed by atoms with Gasteiger partial charge in [0, 0.05) is 41.3 Å². The number of likely N-dealkylation sites (tertiary alicyclic amines) is 2. The Hall–Kier alpha value is -1.40. The molecule has 5 nitrogen and oxygen atoms in total. The van der Waals surface area contributed by atoms with Crippen LogP contribution in [0.2, 0.25) is 0 Å². The van der Waals surface area contributed by atoms with Crippen LogP contribution in [0.4, 0.5) is 0 Å². The molecule has 27 heavy (non-hydrogen) atoms. The van der Waals surface area contributed by atoms with E-state index < -0.39 is 0 Å². The molecule has 1 aromatic heterocycles. The molecule has 0 radical (unpaired) electrons. The number of rotatable bonds is 5. The second-order valence-corrected chi connectivity index (χ2v) is 9.77. The summed E-state index contributed by atoms with van der Waals surface area (Å²) in [6.45, 7) is 6.50. The molecule has 6 heteroatoms. The van der Waals surface area contributed by atoms with Crippen LogP contribution in [0.5, 0.6) is 0 Å². The molecule has 4 rings (SSSR count). The number of hydrogen-bond donors (Lipinski definition) is 1. The number of aryl methyl sites for hydroxylation is 1. The molecule has 3 aliphatic rings. The maximum Gasteiger partial charge on any atom is 0.225 e. The number of nitrogens with zero attached hydrogens (tertiary/aromatic N) is 2. The summed E-state index contributed by atoms with van der Waals surface area (Å²) in [5.41, 5.74) is 0. The van der Waals surface area contributed by atoms with Crippen LogP contribution < -0.4 is 5.32 Å². The molecular weight excluding hydrogens is 358 g/mol. The van der Waals surface area contributed by atoms with Crippen LogP contribution in [0, 0.1) is 18.8 Å². The van der Waals surface area contributed by atoms with E-state index in [9.17, 15) is 9.59 Å². The Morgan fingerprint density at radius 3 is 2.52 bits per heavy atom. The van der Waals surface area contributed by atoms with Gasteiger partial charge in [-0.25, -0.2) is 0 Å². The summed E-state index contributed by atoms with van der Waals surface area (Å²) in [6.07, 6.45) is 6.38. The number of thiophene rings is 1. The molecule has 0 spiro atoms. The number of nitrogens with one attached hydrogen (secondary N) is 1. The summed E-state index contributed by atoms with van der Waals surface area (Å²) < 4.78 is 0. The number of carbonyl (C=O) groups excluding carboxylic acids is 2. The standard InChI is InChI=1S/C21H31N3O2S/c1-15-4-7-19(27-15)13-22-20(25)17-3-2-10-24(14-17)18-8-11-23(12-9-18)21(26)16-5-6-16/h4,7,16-18H,2-3,5-6,8-14H2,1H3,(H,22,25)/t17-/m0/s1. The molecule has 2 aliphatic heterocycles. The Labute approximate surface area is 166 Å². The lowest BCUT2D eigenvalue weighted by molar-refractivity contribution is -0.134. The van der Waals surface area contributed by atoms with Crippen molar-refractivity contribution in [2.45, 2.75) is 58.0 Å². The van der Waals surface area contributed by atoms with Crippen LogP contribution in [-0.4, -0.2) is 53.8 Å². The number of amides is 2. The van der Waals surface area contributed by atoms with Crippen molar-refractivity contribution in [3.05, 3.63) is 21.9 Å². The van der Waals surface area contributed by atoms with Gasteiger partial charge < -0.3 is 10.2 Å². The minimum absolute atomic E-state index is 0.103. The van der Waals surface area contributed by atoms with Gasteiger partial charge in [-0.1, -0.05) is 0 Å². The lowest BCUT2D eigenvalue weighted by Gasteiger charge is -2.42. The molecule has 0 aromatic carbocycles. The molecule has 1 aromatic rings. The highest BCUT2D eigenvalue weighted by Crippen LogP contribution is 2.32. The highest BCUT2D eigenvalue weighted by atomic mass is 32.1. The molecule has 0 bridgehead atoms. The van der Waals surface area contributed by atoms with Gasteiger partial charge in [-0.05, 0) is 64.1 Å². The molecule has 2 amide bonds. The van der Waals surface area contributed by atoms with Gasteiger partial charge in [-0.2, -0.15) is 0 Å². The van der Waals surface area contributed by atoms with E-state index in [0.29, 0.717) is 24.4 Å². The fraction of sp³-hybridized carbons (Fsp3) is 0.714. The zero-order chi connectivity index (χ0) is 18.8. The molecular formula is C21H31N3O2S. The van der Waals surface area contributed by atoms with Gasteiger partial charge in [0.1, 0.15) is 0 Å². The molecule has 3 heterocycles. The molecule has 148 valence electrons. The van der Waals surface area contributed by atoms with Crippen molar-refractivity contribution in [1.82, 2.24) is 15.1 Å². The molecule has 1 saturated carbocycles. The second-order valence-electron chi connectivity index (χ2n) is 8.39. The minimum atomic E-state index is 0.103. The third kappa shape index (κ3) is 4.72. The fourth-order valence-electron chi connectivity index (χ4n) is 4.49. The first-order chi connectivity index (χ1) is 13.1. The zero-order valence-electron chi connectivity index (χ0n) is 16.3. The lowest BCUT2D eigenvalue weighted by atomic mass is 9.93. The Morgan fingerprint density at radius 1 is 1.07 bits per heavy atom. The predicted molar refractivity (Wildman–Crippen MR) is 108 cm³/mol. The van der Waals surface area contributed by atoms with Crippen molar-refractivity contribution in [2.24, 2.45) is 11.8 Å². The van der Waals surface area contributed by atoms with Crippen molar-refractivity contribution in [1.29, 1.82) is 0 Å². The van der Waals surface area contributed by atoms with Crippen LogP contribution in [-0.2, 0) is 16.1 Å². The van der Waals surface area contributed by atoms with E-state index in [0.717, 1.165) is 64.7 Å². The summed E-state index contributed by atoms with van der Waals surface area (Å²) >= 11 is 1.75. The summed E-state index contributed by atoms with van der Waals surface area (Å²) in [5.74, 6) is 1.02. The Balaban J connectivity index is 1.24. The van der Waals surface area contributed by atoms with E-state index in [4.69, 9.17) is 0 Å². The SMILES string of the molecule is Cc1ccc(CNC(=O)[C@H]2CCCN(C3CCN(C(=O)C4CC4)CC3)C2)s1. The van der Waals surface area contributed by atoms with Crippen LogP contribution in [0.3, 0.4) is 0 Å². The maximum absolute atomic E-state index is 12.6. The third-order valence-corrected chi connectivity index (χ3v) is 7.28. The Bertz CT molecular complexity index is 677. The van der Waals surface area contributed by atoms with Gasteiger partial charge in [0.2, 0.25) is 11.8 Å². The Kier molecular flexibility index (Phi) is 5.83. The van der Waals surface area contributed by atoms with E-state index in [2.05, 4.69) is 34.2 Å². The van der Waals surface area contributed by atoms with E-state index in [1.54, 1.807) is 11.3 Å². The Morgan fingerprint density at radius 2 is 1.85 bits per heavy atom. The largest absolute Gasteiger partial charge is 0.351 e. The average Bonchev–Trinajstić information content (AvgIpc) is 3.47. The van der Waals surface area contributed by atoms with Crippen molar-refractivity contribution < 1.29 is 9.59 Å². The number of carbonyl (C=O) groups is 2. The van der Waals surface area contributed by atoms with Gasteiger partial charge in [0.15, 0.2) is 0 Å². The first kappa shape index (κ1) is 18.9. The van der Waals surface area contributed by atoms with Gasteiger partial charge in [-0.3, -0.25) is 14.5 Å². The normalized spacial score (nSPS) is 24.8. The number of hydrogen-bond acceptors (Lipinski definition) is 4. The highest BCUT2D eigenvalue weighted by molar-refractivity contribution is 7.11. The van der Waals surface area contributed by atoms with E-state index in [1.165, 1.54) is 9.75 Å². The monoisotopic (exact) mass is 389 g/mol. The molecule has 1 aliphatic carbocycles. The molecule has 2 saturated heterocycles. The summed E-state index contributed by atoms with van der Waals surface area (Å²) in [6, 6.07) is 4.74. The fourth-order valence-corrected chi connectivity index (χ4v) is 5.32. The summed E-state index contributed by atoms with van der Waals surface area (Å²) in [5, 5.41) is 3.14. The van der Waals surface area contributed by atoms with Crippen LogP contribution in [0.1, 0.15) is 48.3 Å². The summed E-state index contributed by atoms with van der Waals surface area (Å²) in [4.78, 5) is 32.0. The molecule has 1 atom stereocenters. The smallest absolute Gasteiger partial charge is 0.225 e. The lowest BCUT2D eigenvalue weighted by Crippen LogP contribution is -2.51. The third-order valence-electron chi connectivity index (χ3n) is 6.28. The van der Waals surface area contributed by atoms with E-state index >= 15 is 0 Å². The second kappa shape index (κ2) is 8.31. The quantitative estimate of drug-likeness (QED) is 0.843. The summed E-state index contributed by atoms with van der Waals surface area (Å²) in [7, 11) is 0. The van der Waals surface area contributed by atoms with Crippen LogP contribution in [0.25, 0.3) is 0 Å². The van der Waals surface area contributed by atoms with Crippen molar-refractivity contribution >= 4 is 23.2 Å². The van der Waals surface area contributed by atoms with Crippen molar-refractivity contribution in [2.75, 3.05) is 26.2 Å². The van der Waals surface area contributed by atoms with E-state index in [-0.39, 0.29) is 11.8 Å². The first-order valence-corrected chi connectivity index (χ1v) is 11.3. The highest BCUT2D eigenvalue weighted by Gasteiger charge is 2.37. The van der Waals surface area contributed by atoms with Crippen molar-refractivity contribution in [3.63, 3.8) is 0 Å². The van der Waals surface area contributed by atoms with Gasteiger partial charge >= 0.3 is 0 Å². The molecule has 0 unspecified atom stereocenters. The number of piperidine rings is 2. The maximum atomic E-state index is 12.6. The first-order valence-electron chi connectivity index (χ1n) is 10.5. The van der Waals surface area contributed by atoms with Crippen LogP contribution >= 0.6 is 11.3 Å². The van der Waals surface area contributed by atoms with Crippen molar-refractivity contribution in [3.8, 4) is 0 Å². The molecule has 1 N–H and O–H groups in total. The topological polar surface area (TPSA) is 52.7 Å². The minimum Gasteiger partial charge on any atom is -0.351 e. The van der Waals surface area contributed by atoms with Crippen LogP contribution in [0.15, 0.2) is 12.1 Å². The molecule has 3 fully saturated rings. The average molecular weight is 390 g/mol. The van der Waals surface area contributed by atoms with Gasteiger partial charge in [0.05, 0.1) is 12.5 Å².